The van der Waals surface area contributed by atoms with E-state index in [0.29, 0.717) is 18.1 Å². The van der Waals surface area contributed by atoms with Gasteiger partial charge in [0, 0.05) is 25.7 Å². The number of carbonyl (C=O) groups excluding carboxylic acids is 1. The molecule has 0 aliphatic heterocycles. The maximum atomic E-state index is 13.9. The molecule has 1 amide bonds. The van der Waals surface area contributed by atoms with Crippen LogP contribution in [0.2, 0.25) is 0 Å². The largest absolute Gasteiger partial charge is 0.444 e. The number of benzene rings is 1. The number of rotatable bonds is 5. The van der Waals surface area contributed by atoms with E-state index in [1.807, 2.05) is 19.9 Å². The van der Waals surface area contributed by atoms with Gasteiger partial charge in [-0.2, -0.15) is 5.26 Å². The zero-order chi connectivity index (χ0) is 20.7. The number of hydrogen-bond donors (Lipinski definition) is 3. The van der Waals surface area contributed by atoms with Crippen LogP contribution in [0.25, 0.3) is 0 Å². The van der Waals surface area contributed by atoms with E-state index in [0.717, 1.165) is 0 Å². The van der Waals surface area contributed by atoms with Crippen molar-refractivity contribution in [2.24, 2.45) is 4.99 Å². The van der Waals surface area contributed by atoms with Crippen LogP contribution in [0.15, 0.2) is 23.2 Å². The molecule has 0 aromatic heterocycles. The second-order valence-electron chi connectivity index (χ2n) is 7.71. The Morgan fingerprint density at radius 3 is 2.39 bits per heavy atom. The molecule has 28 heavy (non-hydrogen) atoms. The Morgan fingerprint density at radius 1 is 1.25 bits per heavy atom. The van der Waals surface area contributed by atoms with Gasteiger partial charge in [-0.15, -0.1) is 24.0 Å². The predicted molar refractivity (Wildman–Crippen MR) is 118 cm³/mol. The third-order valence-electron chi connectivity index (χ3n) is 3.39. The van der Waals surface area contributed by atoms with E-state index in [9.17, 15) is 9.18 Å². The lowest BCUT2D eigenvalue weighted by Gasteiger charge is -2.29. The van der Waals surface area contributed by atoms with Crippen molar-refractivity contribution < 1.29 is 13.9 Å². The second kappa shape index (κ2) is 11.0. The van der Waals surface area contributed by atoms with Gasteiger partial charge in [0.25, 0.3) is 0 Å². The first kappa shape index (κ1) is 25.9. The third kappa shape index (κ3) is 9.73. The van der Waals surface area contributed by atoms with Crippen LogP contribution in [0.3, 0.4) is 0 Å². The quantitative estimate of drug-likeness (QED) is 0.324. The Labute approximate surface area is 183 Å². The van der Waals surface area contributed by atoms with E-state index in [1.165, 1.54) is 6.07 Å². The summed E-state index contributed by atoms with van der Waals surface area (Å²) in [5.74, 6) is 0.00162. The van der Waals surface area contributed by atoms with Crippen molar-refractivity contribution >= 4 is 36.0 Å². The molecule has 7 nitrogen and oxygen atoms in total. The van der Waals surface area contributed by atoms with E-state index in [-0.39, 0.29) is 36.1 Å². The van der Waals surface area contributed by atoms with Gasteiger partial charge in [0.15, 0.2) is 5.96 Å². The number of guanidine groups is 1. The number of carbonyl (C=O) groups is 1. The Balaban J connectivity index is 0.00000729. The number of amides is 1. The summed E-state index contributed by atoms with van der Waals surface area (Å²) in [7, 11) is 1.60. The molecule has 1 aromatic carbocycles. The minimum absolute atomic E-state index is 0. The number of alkyl carbamates (subject to hydrolysis) is 1. The zero-order valence-electron chi connectivity index (χ0n) is 17.1. The fraction of sp³-hybridized carbons (Fsp3) is 0.526. The van der Waals surface area contributed by atoms with Gasteiger partial charge in [-0.25, -0.2) is 9.18 Å². The first-order valence-corrected chi connectivity index (χ1v) is 8.60. The monoisotopic (exact) mass is 505 g/mol. The molecular formula is C19H29FIN5O2. The molecule has 1 aromatic rings. The summed E-state index contributed by atoms with van der Waals surface area (Å²) in [4.78, 5) is 16.0. The van der Waals surface area contributed by atoms with Crippen LogP contribution in [-0.4, -0.2) is 36.8 Å². The topological polar surface area (TPSA) is 98.5 Å². The fourth-order valence-corrected chi connectivity index (χ4v) is 2.09. The van der Waals surface area contributed by atoms with Gasteiger partial charge < -0.3 is 20.7 Å². The average Bonchev–Trinajstić information content (AvgIpc) is 2.53. The Morgan fingerprint density at radius 2 is 1.89 bits per heavy atom. The lowest BCUT2D eigenvalue weighted by molar-refractivity contribution is 0.0474. The molecule has 0 aliphatic rings. The first-order chi connectivity index (χ1) is 12.5. The van der Waals surface area contributed by atoms with Crippen molar-refractivity contribution in [3.8, 4) is 6.07 Å². The summed E-state index contributed by atoms with van der Waals surface area (Å²) in [5.41, 5.74) is -0.479. The standard InChI is InChI=1S/C19H28FN5O2.HI/c1-18(2,3)27-17(26)25-19(4,5)12-24-16(22-6)23-11-14-8-7-13(10-21)9-15(14)20;/h7-9H,11-12H2,1-6H3,(H,25,26)(H2,22,23,24);1H. The van der Waals surface area contributed by atoms with E-state index < -0.39 is 23.1 Å². The van der Waals surface area contributed by atoms with Crippen LogP contribution in [0.1, 0.15) is 45.7 Å². The zero-order valence-corrected chi connectivity index (χ0v) is 19.5. The molecule has 0 atom stereocenters. The molecule has 0 saturated heterocycles. The van der Waals surface area contributed by atoms with Crippen LogP contribution < -0.4 is 16.0 Å². The maximum Gasteiger partial charge on any atom is 0.408 e. The summed E-state index contributed by atoms with van der Waals surface area (Å²) >= 11 is 0. The van der Waals surface area contributed by atoms with Crippen molar-refractivity contribution in [2.75, 3.05) is 13.6 Å². The number of ether oxygens (including phenoxy) is 1. The molecule has 0 bridgehead atoms. The van der Waals surface area contributed by atoms with Crippen LogP contribution in [0.5, 0.6) is 0 Å². The molecule has 0 fully saturated rings. The van der Waals surface area contributed by atoms with E-state index in [2.05, 4.69) is 20.9 Å². The molecule has 0 unspecified atom stereocenters. The molecule has 3 N–H and O–H groups in total. The van der Waals surface area contributed by atoms with E-state index in [1.54, 1.807) is 40.0 Å². The molecule has 9 heteroatoms. The van der Waals surface area contributed by atoms with Crippen molar-refractivity contribution in [1.29, 1.82) is 5.26 Å². The molecule has 156 valence electrons. The highest BCUT2D eigenvalue weighted by atomic mass is 127. The summed E-state index contributed by atoms with van der Waals surface area (Å²) < 4.78 is 19.2. The second-order valence-corrected chi connectivity index (χ2v) is 7.71. The average molecular weight is 505 g/mol. The minimum Gasteiger partial charge on any atom is -0.444 e. The summed E-state index contributed by atoms with van der Waals surface area (Å²) in [5, 5.41) is 17.7. The van der Waals surface area contributed by atoms with Crippen LogP contribution in [0.4, 0.5) is 9.18 Å². The normalized spacial score (nSPS) is 11.7. The number of halogens is 2. The molecule has 1 rings (SSSR count). The van der Waals surface area contributed by atoms with Crippen molar-refractivity contribution in [2.45, 2.75) is 52.3 Å². The first-order valence-electron chi connectivity index (χ1n) is 8.60. The third-order valence-corrected chi connectivity index (χ3v) is 3.39. The molecule has 0 saturated carbocycles. The van der Waals surface area contributed by atoms with Crippen molar-refractivity contribution in [3.05, 3.63) is 35.1 Å². The molecule has 0 aliphatic carbocycles. The van der Waals surface area contributed by atoms with E-state index in [4.69, 9.17) is 10.00 Å². The highest BCUT2D eigenvalue weighted by molar-refractivity contribution is 14.0. The number of hydrogen-bond acceptors (Lipinski definition) is 4. The number of nitrogens with one attached hydrogen (secondary N) is 3. The highest BCUT2D eigenvalue weighted by Gasteiger charge is 2.24. The summed E-state index contributed by atoms with van der Waals surface area (Å²) in [6, 6.07) is 6.21. The predicted octanol–water partition coefficient (Wildman–Crippen LogP) is 3.28. The Hall–Kier alpha value is -2.09. The Kier molecular flexibility index (Phi) is 10.2. The fourth-order valence-electron chi connectivity index (χ4n) is 2.09. The van der Waals surface area contributed by atoms with Crippen molar-refractivity contribution in [3.63, 3.8) is 0 Å². The smallest absolute Gasteiger partial charge is 0.408 e. The van der Waals surface area contributed by atoms with Gasteiger partial charge in [-0.05, 0) is 46.8 Å². The molecule has 0 spiro atoms. The van der Waals surface area contributed by atoms with Gasteiger partial charge >= 0.3 is 6.09 Å². The maximum absolute atomic E-state index is 13.9. The van der Waals surface area contributed by atoms with Crippen LogP contribution in [0, 0.1) is 17.1 Å². The number of nitriles is 1. The molecule has 0 heterocycles. The van der Waals surface area contributed by atoms with Gasteiger partial charge in [0.1, 0.15) is 11.4 Å². The van der Waals surface area contributed by atoms with E-state index >= 15 is 0 Å². The molecular weight excluding hydrogens is 476 g/mol. The van der Waals surface area contributed by atoms with Gasteiger partial charge in [-0.1, -0.05) is 6.07 Å². The van der Waals surface area contributed by atoms with Gasteiger partial charge in [-0.3, -0.25) is 4.99 Å². The number of nitrogens with zero attached hydrogens (tertiary/aromatic N) is 2. The molecule has 0 radical (unpaired) electrons. The Bertz CT molecular complexity index is 739. The summed E-state index contributed by atoms with van der Waals surface area (Å²) in [6.07, 6.45) is -0.503. The van der Waals surface area contributed by atoms with Crippen LogP contribution in [-0.2, 0) is 11.3 Å². The van der Waals surface area contributed by atoms with Gasteiger partial charge in [0.2, 0.25) is 0 Å². The van der Waals surface area contributed by atoms with Crippen LogP contribution >= 0.6 is 24.0 Å². The summed E-state index contributed by atoms with van der Waals surface area (Å²) in [6.45, 7) is 9.66. The highest BCUT2D eigenvalue weighted by Crippen LogP contribution is 2.10. The lowest BCUT2D eigenvalue weighted by atomic mass is 10.1. The lowest BCUT2D eigenvalue weighted by Crippen LogP contribution is -2.54. The SMILES string of the molecule is CN=C(NCc1ccc(C#N)cc1F)NCC(C)(C)NC(=O)OC(C)(C)C.I. The van der Waals surface area contributed by atoms with Crippen molar-refractivity contribution in [1.82, 2.24) is 16.0 Å². The number of aliphatic imine (C=N–C) groups is 1. The minimum atomic E-state index is -0.598. The van der Waals surface area contributed by atoms with Gasteiger partial charge in [0.05, 0.1) is 17.2 Å².